The van der Waals surface area contributed by atoms with E-state index in [9.17, 15) is 9.59 Å². The second-order valence-corrected chi connectivity index (χ2v) is 11.3. The molecule has 0 saturated heterocycles. The van der Waals surface area contributed by atoms with Crippen molar-refractivity contribution < 1.29 is 19.1 Å². The largest absolute Gasteiger partial charge is 0.417 e. The molecule has 0 unspecified atom stereocenters. The number of aryl methyl sites for hydroxylation is 3. The van der Waals surface area contributed by atoms with Crippen LogP contribution in [0.4, 0.5) is 21.0 Å². The number of hydrogen-bond acceptors (Lipinski definition) is 4. The van der Waals surface area contributed by atoms with Crippen molar-refractivity contribution in [3.8, 4) is 11.5 Å². The van der Waals surface area contributed by atoms with Gasteiger partial charge in [-0.25, -0.2) is 9.59 Å². The summed E-state index contributed by atoms with van der Waals surface area (Å²) in [6, 6.07) is 17.3. The van der Waals surface area contributed by atoms with Gasteiger partial charge in [0.15, 0.2) is 0 Å². The summed E-state index contributed by atoms with van der Waals surface area (Å²) in [4.78, 5) is 26.0. The molecule has 6 heteroatoms. The molecule has 0 bridgehead atoms. The second kappa shape index (κ2) is 18.0. The molecule has 0 fully saturated rings. The van der Waals surface area contributed by atoms with E-state index in [1.165, 1.54) is 11.1 Å². The van der Waals surface area contributed by atoms with Crippen LogP contribution in [0.1, 0.15) is 107 Å². The highest BCUT2D eigenvalue weighted by molar-refractivity contribution is 5.91. The maximum Gasteiger partial charge on any atom is 0.417 e. The first-order valence-electron chi connectivity index (χ1n) is 16.2. The summed E-state index contributed by atoms with van der Waals surface area (Å²) in [5.74, 6) is 1.21. The molecular weight excluding hydrogens is 536 g/mol. The third-order valence-electron chi connectivity index (χ3n) is 7.75. The zero-order chi connectivity index (χ0) is 31.0. The summed E-state index contributed by atoms with van der Waals surface area (Å²) in [6.45, 7) is 10.6. The van der Waals surface area contributed by atoms with Crippen molar-refractivity contribution in [2.24, 2.45) is 0 Å². The van der Waals surface area contributed by atoms with Crippen LogP contribution in [0, 0.1) is 6.92 Å². The normalized spacial score (nSPS) is 10.8. The van der Waals surface area contributed by atoms with E-state index in [1.807, 2.05) is 37.3 Å². The standard InChI is InChI=1S/C37H50N2O4/c1-6-10-16-28-18-14-22-34(31(28)20-12-8-3)42-36(40)38-30-25-24-27(5)33(26-30)39-37(41)43-35-23-15-19-29(17-11-7-2)32(35)21-13-9-4/h14-15,18-19,22-26H,6-13,16-17,20-21H2,1-5H3,(H,38,40)(H,39,41). The predicted octanol–water partition coefficient (Wildman–Crippen LogP) is 10.6. The number of carbonyl (C=O) groups excluding carboxylic acids is 2. The van der Waals surface area contributed by atoms with Gasteiger partial charge in [0.25, 0.3) is 0 Å². The summed E-state index contributed by atoms with van der Waals surface area (Å²) in [7, 11) is 0. The van der Waals surface area contributed by atoms with Crippen LogP contribution in [0.15, 0.2) is 54.6 Å². The minimum Gasteiger partial charge on any atom is -0.410 e. The van der Waals surface area contributed by atoms with E-state index in [1.54, 1.807) is 12.1 Å². The van der Waals surface area contributed by atoms with Gasteiger partial charge >= 0.3 is 12.2 Å². The molecule has 0 spiro atoms. The van der Waals surface area contributed by atoms with Crippen LogP contribution < -0.4 is 20.1 Å². The number of benzene rings is 3. The van der Waals surface area contributed by atoms with Crippen molar-refractivity contribution >= 4 is 23.6 Å². The van der Waals surface area contributed by atoms with Crippen molar-refractivity contribution in [2.75, 3.05) is 10.6 Å². The van der Waals surface area contributed by atoms with Gasteiger partial charge in [-0.1, -0.05) is 83.7 Å². The molecule has 0 saturated carbocycles. The van der Waals surface area contributed by atoms with E-state index < -0.39 is 12.2 Å². The zero-order valence-corrected chi connectivity index (χ0v) is 26.8. The van der Waals surface area contributed by atoms with E-state index in [4.69, 9.17) is 9.47 Å². The Bertz CT molecular complexity index is 1330. The van der Waals surface area contributed by atoms with Gasteiger partial charge < -0.3 is 9.47 Å². The lowest BCUT2D eigenvalue weighted by molar-refractivity contribution is 0.214. The Balaban J connectivity index is 1.72. The predicted molar refractivity (Wildman–Crippen MR) is 178 cm³/mol. The van der Waals surface area contributed by atoms with E-state index >= 15 is 0 Å². The van der Waals surface area contributed by atoms with Crippen LogP contribution in [0.5, 0.6) is 11.5 Å². The molecule has 3 aromatic rings. The Labute approximate surface area is 258 Å². The molecule has 0 aliphatic carbocycles. The van der Waals surface area contributed by atoms with Crippen LogP contribution in [0.25, 0.3) is 0 Å². The molecule has 232 valence electrons. The molecule has 0 aromatic heterocycles. The van der Waals surface area contributed by atoms with E-state index in [0.29, 0.717) is 22.9 Å². The summed E-state index contributed by atoms with van der Waals surface area (Å²) in [6.07, 6.45) is 11.2. The number of rotatable bonds is 16. The molecule has 3 aromatic carbocycles. The second-order valence-electron chi connectivity index (χ2n) is 11.3. The number of amides is 2. The Morgan fingerprint density at radius 3 is 1.56 bits per heavy atom. The Kier molecular flexibility index (Phi) is 14.1. The third-order valence-corrected chi connectivity index (χ3v) is 7.75. The topological polar surface area (TPSA) is 76.7 Å². The number of carbonyl (C=O) groups is 2. The van der Waals surface area contributed by atoms with E-state index in [-0.39, 0.29) is 0 Å². The first kappa shape index (κ1) is 33.7. The molecule has 6 nitrogen and oxygen atoms in total. The fraction of sp³-hybridized carbons (Fsp3) is 0.459. The SMILES string of the molecule is CCCCc1cccc(OC(=O)Nc2ccc(C)c(NC(=O)Oc3cccc(CCCC)c3CCCC)c2)c1CCCC. The molecule has 43 heavy (non-hydrogen) atoms. The number of ether oxygens (including phenoxy) is 2. The highest BCUT2D eigenvalue weighted by atomic mass is 16.6. The van der Waals surface area contributed by atoms with Crippen LogP contribution >= 0.6 is 0 Å². The molecule has 0 atom stereocenters. The maximum absolute atomic E-state index is 13.0. The first-order valence-corrected chi connectivity index (χ1v) is 16.2. The highest BCUT2D eigenvalue weighted by Gasteiger charge is 2.16. The number of unbranched alkanes of at least 4 members (excludes halogenated alkanes) is 4. The van der Waals surface area contributed by atoms with Crippen molar-refractivity contribution in [2.45, 2.75) is 112 Å². The summed E-state index contributed by atoms with van der Waals surface area (Å²) in [5.41, 5.74) is 6.65. The molecule has 0 radical (unpaired) electrons. The van der Waals surface area contributed by atoms with Gasteiger partial charge in [-0.05, 0) is 110 Å². The smallest absolute Gasteiger partial charge is 0.410 e. The van der Waals surface area contributed by atoms with Gasteiger partial charge in [-0.3, -0.25) is 10.6 Å². The Morgan fingerprint density at radius 2 is 1.07 bits per heavy atom. The number of hydrogen-bond donors (Lipinski definition) is 2. The van der Waals surface area contributed by atoms with Gasteiger partial charge in [0.2, 0.25) is 0 Å². The molecule has 3 rings (SSSR count). The first-order chi connectivity index (χ1) is 20.9. The van der Waals surface area contributed by atoms with E-state index in [2.05, 4.69) is 50.5 Å². The average molecular weight is 587 g/mol. The fourth-order valence-corrected chi connectivity index (χ4v) is 5.20. The number of nitrogens with one attached hydrogen (secondary N) is 2. The Hall–Kier alpha value is -3.80. The van der Waals surface area contributed by atoms with Gasteiger partial charge in [0.05, 0.1) is 0 Å². The minimum atomic E-state index is -0.563. The van der Waals surface area contributed by atoms with Crippen molar-refractivity contribution in [1.82, 2.24) is 0 Å². The summed E-state index contributed by atoms with van der Waals surface area (Å²) >= 11 is 0. The van der Waals surface area contributed by atoms with Gasteiger partial charge in [0, 0.05) is 11.4 Å². The quantitative estimate of drug-likeness (QED) is 0.175. The van der Waals surface area contributed by atoms with Gasteiger partial charge in [-0.15, -0.1) is 0 Å². The monoisotopic (exact) mass is 586 g/mol. The van der Waals surface area contributed by atoms with Crippen LogP contribution in [-0.2, 0) is 25.7 Å². The van der Waals surface area contributed by atoms with E-state index in [0.717, 1.165) is 93.7 Å². The van der Waals surface area contributed by atoms with Crippen LogP contribution in [0.3, 0.4) is 0 Å². The average Bonchev–Trinajstić information content (AvgIpc) is 2.99. The lowest BCUT2D eigenvalue weighted by atomic mass is 9.97. The maximum atomic E-state index is 13.0. The molecule has 0 aliphatic rings. The van der Waals surface area contributed by atoms with Crippen LogP contribution in [-0.4, -0.2) is 12.2 Å². The lowest BCUT2D eigenvalue weighted by Crippen LogP contribution is -2.20. The van der Waals surface area contributed by atoms with Crippen molar-refractivity contribution in [3.05, 3.63) is 82.4 Å². The summed E-state index contributed by atoms with van der Waals surface area (Å²) < 4.78 is 11.7. The number of anilines is 2. The highest BCUT2D eigenvalue weighted by Crippen LogP contribution is 2.29. The third kappa shape index (κ3) is 10.5. The zero-order valence-electron chi connectivity index (χ0n) is 26.8. The summed E-state index contributed by atoms with van der Waals surface area (Å²) in [5, 5.41) is 5.71. The van der Waals surface area contributed by atoms with Gasteiger partial charge in [-0.2, -0.15) is 0 Å². The van der Waals surface area contributed by atoms with Gasteiger partial charge in [0.1, 0.15) is 11.5 Å². The molecule has 2 amide bonds. The Morgan fingerprint density at radius 1 is 0.605 bits per heavy atom. The van der Waals surface area contributed by atoms with Crippen molar-refractivity contribution in [3.63, 3.8) is 0 Å². The fourth-order valence-electron chi connectivity index (χ4n) is 5.20. The molecule has 0 heterocycles. The molecular formula is C37H50N2O4. The lowest BCUT2D eigenvalue weighted by Gasteiger charge is -2.16. The molecule has 0 aliphatic heterocycles. The van der Waals surface area contributed by atoms with Crippen molar-refractivity contribution in [1.29, 1.82) is 0 Å². The minimum absolute atomic E-state index is 0.522. The molecule has 2 N–H and O–H groups in total. The van der Waals surface area contributed by atoms with Crippen LogP contribution in [0.2, 0.25) is 0 Å².